The Bertz CT molecular complexity index is 1740. The van der Waals surface area contributed by atoms with E-state index in [1.54, 1.807) is 16.8 Å². The standard InChI is InChI=1S/C29H27N9O3/c39-25(32-20-8-9-20)17-6-3-5-16(12-17)22-7-2-1-4-18(22)14-30-27-35-24-19(13-23-26(40)36-29(41)34-23)15-31-38(24)28(37-27)33-21-10-11-21/h1-7,12-13,15,20-21H,8-11,14H2,(H,32,39)(H2,30,33,35,37)(H2,34,36,40,41)/b23-13-. The second kappa shape index (κ2) is 10.0. The Balaban J connectivity index is 1.18. The highest BCUT2D eigenvalue weighted by atomic mass is 16.2. The van der Waals surface area contributed by atoms with Gasteiger partial charge >= 0.3 is 6.03 Å². The molecule has 2 aliphatic carbocycles. The molecule has 0 unspecified atom stereocenters. The number of urea groups is 1. The molecule has 0 bridgehead atoms. The Hall–Kier alpha value is -5.26. The van der Waals surface area contributed by atoms with Crippen LogP contribution in [0.15, 0.2) is 60.4 Å². The Morgan fingerprint density at radius 2 is 1.83 bits per heavy atom. The number of aromatic nitrogens is 4. The fraction of sp³-hybridized carbons (Fsp3) is 0.241. The van der Waals surface area contributed by atoms with Crippen molar-refractivity contribution in [3.63, 3.8) is 0 Å². The smallest absolute Gasteiger partial charge is 0.326 e. The summed E-state index contributed by atoms with van der Waals surface area (Å²) < 4.78 is 1.59. The SMILES string of the molecule is O=C1NC(=O)/C(=C/c2cnn3c(NC4CC4)nc(NCc4ccccc4-c4cccc(C(=O)NC5CC5)c4)nc23)N1. The minimum absolute atomic E-state index is 0.0522. The monoisotopic (exact) mass is 549 g/mol. The van der Waals surface area contributed by atoms with Gasteiger partial charge in [0.15, 0.2) is 5.65 Å². The third-order valence-corrected chi connectivity index (χ3v) is 7.13. The molecule has 0 spiro atoms. The number of fused-ring (bicyclic) bond motifs is 1. The zero-order chi connectivity index (χ0) is 27.9. The molecule has 4 aromatic rings. The predicted octanol–water partition coefficient (Wildman–Crippen LogP) is 3.05. The highest BCUT2D eigenvalue weighted by molar-refractivity contribution is 6.14. The molecule has 206 valence electrons. The van der Waals surface area contributed by atoms with Crippen molar-refractivity contribution in [1.29, 1.82) is 0 Å². The Morgan fingerprint density at radius 3 is 2.61 bits per heavy atom. The first-order chi connectivity index (χ1) is 20.0. The van der Waals surface area contributed by atoms with Gasteiger partial charge in [-0.3, -0.25) is 14.9 Å². The van der Waals surface area contributed by atoms with Gasteiger partial charge in [-0.1, -0.05) is 36.4 Å². The molecule has 1 aliphatic heterocycles. The van der Waals surface area contributed by atoms with Crippen LogP contribution in [0, 0.1) is 0 Å². The summed E-state index contributed by atoms with van der Waals surface area (Å²) in [5, 5.41) is 18.9. The largest absolute Gasteiger partial charge is 0.351 e. The van der Waals surface area contributed by atoms with Gasteiger partial charge in [-0.05, 0) is 60.6 Å². The molecule has 4 amide bonds. The molecule has 12 nitrogen and oxygen atoms in total. The van der Waals surface area contributed by atoms with Crippen LogP contribution in [-0.4, -0.2) is 49.5 Å². The third kappa shape index (κ3) is 5.31. The highest BCUT2D eigenvalue weighted by Gasteiger charge is 2.26. The van der Waals surface area contributed by atoms with E-state index in [9.17, 15) is 14.4 Å². The van der Waals surface area contributed by atoms with Crippen LogP contribution in [0.5, 0.6) is 0 Å². The summed E-state index contributed by atoms with van der Waals surface area (Å²) in [6.45, 7) is 0.427. The number of nitrogens with one attached hydrogen (secondary N) is 5. The molecular weight excluding hydrogens is 522 g/mol. The molecule has 12 heteroatoms. The number of nitrogens with zero attached hydrogens (tertiary/aromatic N) is 4. The molecule has 0 radical (unpaired) electrons. The van der Waals surface area contributed by atoms with Crippen molar-refractivity contribution in [2.45, 2.75) is 44.3 Å². The topological polar surface area (TPSA) is 154 Å². The molecule has 3 heterocycles. The van der Waals surface area contributed by atoms with Gasteiger partial charge in [0.2, 0.25) is 11.9 Å². The second-order valence-electron chi connectivity index (χ2n) is 10.4. The van der Waals surface area contributed by atoms with Crippen LogP contribution in [0.4, 0.5) is 16.7 Å². The van der Waals surface area contributed by atoms with Gasteiger partial charge < -0.3 is 21.3 Å². The van der Waals surface area contributed by atoms with Crippen molar-refractivity contribution in [1.82, 2.24) is 35.5 Å². The summed E-state index contributed by atoms with van der Waals surface area (Å²) in [5.41, 5.74) is 4.75. The first-order valence-electron chi connectivity index (χ1n) is 13.6. The number of carbonyl (C=O) groups is 3. The zero-order valence-corrected chi connectivity index (χ0v) is 22.0. The normalized spacial score (nSPS) is 17.4. The van der Waals surface area contributed by atoms with Crippen LogP contribution in [0.25, 0.3) is 22.9 Å². The first-order valence-corrected chi connectivity index (χ1v) is 13.6. The van der Waals surface area contributed by atoms with Crippen molar-refractivity contribution < 1.29 is 14.4 Å². The minimum Gasteiger partial charge on any atom is -0.351 e. The number of benzene rings is 2. The van der Waals surface area contributed by atoms with Crippen LogP contribution >= 0.6 is 0 Å². The fourth-order valence-electron chi connectivity index (χ4n) is 4.67. The van der Waals surface area contributed by atoms with Gasteiger partial charge in [-0.2, -0.15) is 19.6 Å². The maximum absolute atomic E-state index is 12.6. The van der Waals surface area contributed by atoms with E-state index < -0.39 is 11.9 Å². The van der Waals surface area contributed by atoms with Crippen LogP contribution in [0.2, 0.25) is 0 Å². The van der Waals surface area contributed by atoms with Crippen molar-refractivity contribution >= 4 is 41.5 Å². The summed E-state index contributed by atoms with van der Waals surface area (Å²) in [7, 11) is 0. The van der Waals surface area contributed by atoms with Crippen molar-refractivity contribution in [3.05, 3.63) is 77.1 Å². The van der Waals surface area contributed by atoms with Crippen LogP contribution in [0.3, 0.4) is 0 Å². The van der Waals surface area contributed by atoms with E-state index >= 15 is 0 Å². The maximum atomic E-state index is 12.6. The second-order valence-corrected chi connectivity index (χ2v) is 10.4. The summed E-state index contributed by atoms with van der Waals surface area (Å²) in [6.07, 6.45) is 7.29. The van der Waals surface area contributed by atoms with Crippen molar-refractivity contribution in [2.24, 2.45) is 0 Å². The Kier molecular flexibility index (Phi) is 6.07. The average Bonchev–Trinajstić information content (AvgIpc) is 3.90. The van der Waals surface area contributed by atoms with Crippen molar-refractivity contribution in [3.8, 4) is 11.1 Å². The number of hydrogen-bond acceptors (Lipinski definition) is 8. The number of rotatable bonds is 9. The minimum atomic E-state index is -0.571. The fourth-order valence-corrected chi connectivity index (χ4v) is 4.67. The van der Waals surface area contributed by atoms with E-state index in [2.05, 4.69) is 36.7 Å². The van der Waals surface area contributed by atoms with Crippen molar-refractivity contribution in [2.75, 3.05) is 10.6 Å². The van der Waals surface area contributed by atoms with Gasteiger partial charge in [0.05, 0.1) is 6.20 Å². The van der Waals surface area contributed by atoms with E-state index in [4.69, 9.17) is 4.98 Å². The lowest BCUT2D eigenvalue weighted by molar-refractivity contribution is -0.115. The number of anilines is 2. The van der Waals surface area contributed by atoms with Gasteiger partial charge in [0, 0.05) is 29.8 Å². The molecule has 7 rings (SSSR count). The molecule has 41 heavy (non-hydrogen) atoms. The van der Waals surface area contributed by atoms with E-state index in [0.29, 0.717) is 47.3 Å². The molecule has 1 saturated heterocycles. The molecule has 5 N–H and O–H groups in total. The van der Waals surface area contributed by atoms with Gasteiger partial charge in [0.25, 0.3) is 11.8 Å². The lowest BCUT2D eigenvalue weighted by Crippen LogP contribution is -2.25. The van der Waals surface area contributed by atoms with Crippen LogP contribution < -0.4 is 26.6 Å². The Morgan fingerprint density at radius 1 is 1.00 bits per heavy atom. The summed E-state index contributed by atoms with van der Waals surface area (Å²) in [4.78, 5) is 45.7. The van der Waals surface area contributed by atoms with Gasteiger partial charge in [-0.15, -0.1) is 0 Å². The van der Waals surface area contributed by atoms with Gasteiger partial charge in [0.1, 0.15) is 5.70 Å². The average molecular weight is 550 g/mol. The predicted molar refractivity (Wildman–Crippen MR) is 152 cm³/mol. The lowest BCUT2D eigenvalue weighted by atomic mass is 9.98. The van der Waals surface area contributed by atoms with E-state index in [1.807, 2.05) is 48.5 Å². The first kappa shape index (κ1) is 24.8. The van der Waals surface area contributed by atoms with Crippen LogP contribution in [-0.2, 0) is 11.3 Å². The molecule has 0 atom stereocenters. The molecule has 2 saturated carbocycles. The number of imide groups is 1. The van der Waals surface area contributed by atoms with E-state index in [0.717, 1.165) is 42.4 Å². The zero-order valence-electron chi connectivity index (χ0n) is 22.0. The van der Waals surface area contributed by atoms with E-state index in [1.165, 1.54) is 0 Å². The number of carbonyl (C=O) groups excluding carboxylic acids is 3. The quantitative estimate of drug-likeness (QED) is 0.158. The summed E-state index contributed by atoms with van der Waals surface area (Å²) in [5.74, 6) is 0.354. The number of hydrogen-bond donors (Lipinski definition) is 5. The number of amides is 4. The molecule has 2 aromatic carbocycles. The third-order valence-electron chi connectivity index (χ3n) is 7.13. The summed E-state index contributed by atoms with van der Waals surface area (Å²) >= 11 is 0. The van der Waals surface area contributed by atoms with Gasteiger partial charge in [-0.25, -0.2) is 4.79 Å². The van der Waals surface area contributed by atoms with Crippen LogP contribution in [0.1, 0.15) is 47.2 Å². The lowest BCUT2D eigenvalue weighted by Gasteiger charge is -2.13. The maximum Gasteiger partial charge on any atom is 0.326 e. The highest BCUT2D eigenvalue weighted by Crippen LogP contribution is 2.28. The molecule has 3 aliphatic rings. The summed E-state index contributed by atoms with van der Waals surface area (Å²) in [6, 6.07) is 15.7. The molecule has 3 fully saturated rings. The molecular formula is C29H27N9O3. The molecule has 2 aromatic heterocycles. The Labute approximate surface area is 234 Å². The van der Waals surface area contributed by atoms with E-state index in [-0.39, 0.29) is 11.6 Å².